The molecule has 0 saturated carbocycles. The van der Waals surface area contributed by atoms with E-state index in [2.05, 4.69) is 19.2 Å². The fraction of sp³-hybridized carbons (Fsp3) is 0.938. The number of carbonyl (C=O) groups is 2. The molecule has 0 bridgehead atoms. The lowest BCUT2D eigenvalue weighted by atomic mass is 10.0. The third-order valence-corrected chi connectivity index (χ3v) is 15.1. The number of unbranched alkanes of at least 4 members (excludes halogenated alkanes) is 49. The van der Waals surface area contributed by atoms with Gasteiger partial charge in [-0.05, 0) is 32.1 Å². The fourth-order valence-electron chi connectivity index (χ4n) is 10.2. The van der Waals surface area contributed by atoms with Crippen LogP contribution in [-0.4, -0.2) is 47.4 Å². The van der Waals surface area contributed by atoms with Crippen LogP contribution in [0, 0.1) is 0 Å². The molecular formula is C64H125NO5. The predicted molar refractivity (Wildman–Crippen MR) is 306 cm³/mol. The van der Waals surface area contributed by atoms with Crippen LogP contribution in [0.1, 0.15) is 361 Å². The Morgan fingerprint density at radius 1 is 0.386 bits per heavy atom. The van der Waals surface area contributed by atoms with Gasteiger partial charge in [-0.2, -0.15) is 0 Å². The zero-order chi connectivity index (χ0) is 50.7. The Balaban J connectivity index is 3.34. The molecule has 6 heteroatoms. The average Bonchev–Trinajstić information content (AvgIpc) is 3.36. The van der Waals surface area contributed by atoms with Crippen molar-refractivity contribution in [2.75, 3.05) is 13.2 Å². The summed E-state index contributed by atoms with van der Waals surface area (Å²) in [5.74, 6) is -0.0439. The Bertz CT molecular complexity index is 1050. The van der Waals surface area contributed by atoms with E-state index in [1.807, 2.05) is 6.08 Å². The van der Waals surface area contributed by atoms with E-state index in [1.54, 1.807) is 6.08 Å². The van der Waals surface area contributed by atoms with Gasteiger partial charge in [0.05, 0.1) is 25.4 Å². The van der Waals surface area contributed by atoms with Crippen molar-refractivity contribution in [3.63, 3.8) is 0 Å². The SMILES string of the molecule is CCCCCCCCCCCCC/C=C/C(O)C(CO)NC(=O)CCCCCCCCCCCCCCCCCCCCCCCCCCCCCOC(=O)CCCCCCCCCCCCCCC. The molecule has 416 valence electrons. The van der Waals surface area contributed by atoms with E-state index in [9.17, 15) is 19.8 Å². The minimum absolute atomic E-state index is 0.0198. The lowest BCUT2D eigenvalue weighted by Gasteiger charge is -2.20. The molecule has 0 spiro atoms. The molecule has 1 amide bonds. The molecule has 0 aliphatic heterocycles. The van der Waals surface area contributed by atoms with Crippen LogP contribution < -0.4 is 5.32 Å². The Hall–Kier alpha value is -1.40. The molecule has 0 aromatic heterocycles. The summed E-state index contributed by atoms with van der Waals surface area (Å²) < 4.78 is 5.49. The third-order valence-electron chi connectivity index (χ3n) is 15.1. The second-order valence-corrected chi connectivity index (χ2v) is 22.1. The van der Waals surface area contributed by atoms with Crippen LogP contribution in [0.3, 0.4) is 0 Å². The maximum absolute atomic E-state index is 12.4. The number of ether oxygens (including phenoxy) is 1. The lowest BCUT2D eigenvalue weighted by Crippen LogP contribution is -2.45. The molecule has 0 aliphatic rings. The molecule has 0 aliphatic carbocycles. The standard InChI is InChI=1S/C64H125NO5/c1-3-5-7-9-11-13-15-32-36-40-44-48-52-56-62(67)61(60-66)65-63(68)57-53-49-45-41-37-34-30-28-26-24-22-20-18-17-19-21-23-25-27-29-31-35-39-43-47-51-55-59-70-64(69)58-54-50-46-42-38-33-16-14-12-10-8-6-4-2/h52,56,61-62,66-67H,3-51,53-55,57-60H2,1-2H3,(H,65,68)/b56-52+. The monoisotopic (exact) mass is 988 g/mol. The zero-order valence-electron chi connectivity index (χ0n) is 47.5. The third kappa shape index (κ3) is 55.9. The summed E-state index contributed by atoms with van der Waals surface area (Å²) in [7, 11) is 0. The molecule has 0 fully saturated rings. The van der Waals surface area contributed by atoms with Crippen LogP contribution in [0.25, 0.3) is 0 Å². The quantitative estimate of drug-likeness (QED) is 0.0321. The van der Waals surface area contributed by atoms with Gasteiger partial charge in [0.25, 0.3) is 0 Å². The van der Waals surface area contributed by atoms with Crippen molar-refractivity contribution >= 4 is 11.9 Å². The van der Waals surface area contributed by atoms with Gasteiger partial charge in [0, 0.05) is 12.8 Å². The Morgan fingerprint density at radius 3 is 0.971 bits per heavy atom. The Morgan fingerprint density at radius 2 is 0.657 bits per heavy atom. The summed E-state index contributed by atoms with van der Waals surface area (Å²) in [4.78, 5) is 24.5. The van der Waals surface area contributed by atoms with Crippen molar-refractivity contribution in [1.82, 2.24) is 5.32 Å². The molecule has 0 aromatic carbocycles. The second kappa shape index (κ2) is 60.2. The first-order chi connectivity index (χ1) is 34.5. The van der Waals surface area contributed by atoms with Gasteiger partial charge in [0.2, 0.25) is 5.91 Å². The van der Waals surface area contributed by atoms with Crippen molar-refractivity contribution < 1.29 is 24.5 Å². The normalized spacial score (nSPS) is 12.6. The summed E-state index contributed by atoms with van der Waals surface area (Å²) in [5.41, 5.74) is 0. The van der Waals surface area contributed by atoms with E-state index in [-0.39, 0.29) is 18.5 Å². The van der Waals surface area contributed by atoms with Gasteiger partial charge in [-0.1, -0.05) is 328 Å². The van der Waals surface area contributed by atoms with Crippen molar-refractivity contribution in [3.8, 4) is 0 Å². The first-order valence-electron chi connectivity index (χ1n) is 32.0. The second-order valence-electron chi connectivity index (χ2n) is 22.1. The highest BCUT2D eigenvalue weighted by molar-refractivity contribution is 5.76. The molecule has 6 nitrogen and oxygen atoms in total. The van der Waals surface area contributed by atoms with Crippen molar-refractivity contribution in [2.24, 2.45) is 0 Å². The van der Waals surface area contributed by atoms with Crippen LogP contribution in [0.5, 0.6) is 0 Å². The van der Waals surface area contributed by atoms with Crippen molar-refractivity contribution in [3.05, 3.63) is 12.2 Å². The van der Waals surface area contributed by atoms with Gasteiger partial charge in [-0.25, -0.2) is 0 Å². The van der Waals surface area contributed by atoms with E-state index in [0.717, 1.165) is 38.5 Å². The summed E-state index contributed by atoms with van der Waals surface area (Å²) in [6.45, 7) is 4.93. The molecule has 2 unspecified atom stereocenters. The lowest BCUT2D eigenvalue weighted by molar-refractivity contribution is -0.143. The minimum atomic E-state index is -0.841. The van der Waals surface area contributed by atoms with Crippen LogP contribution in [0.2, 0.25) is 0 Å². The van der Waals surface area contributed by atoms with Crippen molar-refractivity contribution in [2.45, 2.75) is 373 Å². The molecular weight excluding hydrogens is 863 g/mol. The number of aliphatic hydroxyl groups is 2. The predicted octanol–water partition coefficient (Wildman–Crippen LogP) is 20.0. The van der Waals surface area contributed by atoms with E-state index in [0.29, 0.717) is 19.4 Å². The van der Waals surface area contributed by atoms with Crippen LogP contribution in [0.15, 0.2) is 12.2 Å². The number of hydrogen-bond acceptors (Lipinski definition) is 5. The van der Waals surface area contributed by atoms with E-state index in [4.69, 9.17) is 4.74 Å². The minimum Gasteiger partial charge on any atom is -0.466 e. The number of rotatable bonds is 60. The molecule has 0 rings (SSSR count). The van der Waals surface area contributed by atoms with E-state index in [1.165, 1.54) is 295 Å². The van der Waals surface area contributed by atoms with Crippen LogP contribution in [-0.2, 0) is 14.3 Å². The van der Waals surface area contributed by atoms with E-state index < -0.39 is 12.1 Å². The molecule has 70 heavy (non-hydrogen) atoms. The maximum Gasteiger partial charge on any atom is 0.305 e. The van der Waals surface area contributed by atoms with Crippen molar-refractivity contribution in [1.29, 1.82) is 0 Å². The summed E-state index contributed by atoms with van der Waals surface area (Å²) in [6, 6.07) is -0.624. The number of hydrogen-bond donors (Lipinski definition) is 3. The fourth-order valence-corrected chi connectivity index (χ4v) is 10.2. The van der Waals surface area contributed by atoms with Gasteiger partial charge >= 0.3 is 5.97 Å². The number of nitrogens with one attached hydrogen (secondary N) is 1. The topological polar surface area (TPSA) is 95.9 Å². The Labute approximate surface area is 438 Å². The smallest absolute Gasteiger partial charge is 0.305 e. The number of amides is 1. The highest BCUT2D eigenvalue weighted by Gasteiger charge is 2.18. The molecule has 0 radical (unpaired) electrons. The average molecular weight is 989 g/mol. The summed E-state index contributed by atoms with van der Waals surface area (Å²) in [5, 5.41) is 23.1. The maximum atomic E-state index is 12.4. The number of carbonyl (C=O) groups excluding carboxylic acids is 2. The number of allylic oxidation sites excluding steroid dienone is 1. The first kappa shape index (κ1) is 68.6. The molecule has 2 atom stereocenters. The zero-order valence-corrected chi connectivity index (χ0v) is 47.5. The van der Waals surface area contributed by atoms with Gasteiger partial charge in [0.1, 0.15) is 0 Å². The van der Waals surface area contributed by atoms with Crippen LogP contribution >= 0.6 is 0 Å². The molecule has 0 saturated heterocycles. The summed E-state index contributed by atoms with van der Waals surface area (Å²) in [6.07, 6.45) is 72.7. The molecule has 0 aromatic rings. The molecule has 0 heterocycles. The highest BCUT2D eigenvalue weighted by Crippen LogP contribution is 2.18. The van der Waals surface area contributed by atoms with Gasteiger partial charge in [0.15, 0.2) is 0 Å². The van der Waals surface area contributed by atoms with E-state index >= 15 is 0 Å². The molecule has 3 N–H and O–H groups in total. The van der Waals surface area contributed by atoms with Gasteiger partial charge < -0.3 is 20.3 Å². The first-order valence-corrected chi connectivity index (χ1v) is 32.0. The largest absolute Gasteiger partial charge is 0.466 e. The number of esters is 1. The Kier molecular flexibility index (Phi) is 59.0. The van der Waals surface area contributed by atoms with Gasteiger partial charge in [-0.15, -0.1) is 0 Å². The highest BCUT2D eigenvalue weighted by atomic mass is 16.5. The summed E-state index contributed by atoms with van der Waals surface area (Å²) >= 11 is 0. The number of aliphatic hydroxyl groups excluding tert-OH is 2. The van der Waals surface area contributed by atoms with Crippen LogP contribution in [0.4, 0.5) is 0 Å². The van der Waals surface area contributed by atoms with Gasteiger partial charge in [-0.3, -0.25) is 9.59 Å².